The molecule has 6 nitrogen and oxygen atoms in total. The largest absolute Gasteiger partial charge is 0.446 e. The van der Waals surface area contributed by atoms with Crippen molar-refractivity contribution < 1.29 is 17.9 Å². The molecule has 1 fully saturated rings. The van der Waals surface area contributed by atoms with Crippen LogP contribution in [0.25, 0.3) is 0 Å². The van der Waals surface area contributed by atoms with E-state index in [1.807, 2.05) is 4.72 Å². The Morgan fingerprint density at radius 1 is 1.42 bits per heavy atom. The van der Waals surface area contributed by atoms with E-state index in [-0.39, 0.29) is 18.0 Å². The highest BCUT2D eigenvalue weighted by atomic mass is 35.5. The summed E-state index contributed by atoms with van der Waals surface area (Å²) in [6, 6.07) is -0.270. The van der Waals surface area contributed by atoms with E-state index in [1.54, 1.807) is 13.8 Å². The Morgan fingerprint density at radius 3 is 2.68 bits per heavy atom. The molecule has 8 heteroatoms. The Hall–Kier alpha value is -0.530. The van der Waals surface area contributed by atoms with Crippen molar-refractivity contribution in [1.82, 2.24) is 9.03 Å². The molecule has 0 aromatic carbocycles. The summed E-state index contributed by atoms with van der Waals surface area (Å²) in [5.41, 5.74) is 0. The SMILES string of the molecule is CC(C)OC(=O)NS(=O)(=O)N1CCCCCC1CCl. The van der Waals surface area contributed by atoms with E-state index < -0.39 is 16.3 Å². The molecule has 0 radical (unpaired) electrons. The highest BCUT2D eigenvalue weighted by Crippen LogP contribution is 2.20. The Bertz CT molecular complexity index is 399. The normalized spacial score (nSPS) is 22.0. The van der Waals surface area contributed by atoms with Crippen molar-refractivity contribution in [3.63, 3.8) is 0 Å². The first-order valence-corrected chi connectivity index (χ1v) is 8.40. The lowest BCUT2D eigenvalue weighted by molar-refractivity contribution is 0.120. The minimum Gasteiger partial charge on any atom is -0.446 e. The molecule has 0 aliphatic carbocycles. The van der Waals surface area contributed by atoms with Crippen LogP contribution in [0, 0.1) is 0 Å². The van der Waals surface area contributed by atoms with E-state index in [0.29, 0.717) is 13.0 Å². The van der Waals surface area contributed by atoms with E-state index in [9.17, 15) is 13.2 Å². The molecule has 1 rings (SSSR count). The van der Waals surface area contributed by atoms with Gasteiger partial charge in [-0.05, 0) is 26.7 Å². The maximum atomic E-state index is 12.2. The van der Waals surface area contributed by atoms with Gasteiger partial charge in [-0.15, -0.1) is 11.6 Å². The average molecular weight is 313 g/mol. The lowest BCUT2D eigenvalue weighted by Crippen LogP contribution is -2.49. The van der Waals surface area contributed by atoms with Crippen LogP contribution in [0.5, 0.6) is 0 Å². The summed E-state index contributed by atoms with van der Waals surface area (Å²) in [5.74, 6) is 0.222. The predicted molar refractivity (Wildman–Crippen MR) is 73.4 cm³/mol. The van der Waals surface area contributed by atoms with Crippen molar-refractivity contribution in [3.05, 3.63) is 0 Å². The molecular formula is C11H21ClN2O4S. The molecule has 1 saturated heterocycles. The van der Waals surface area contributed by atoms with Crippen LogP contribution in [-0.2, 0) is 14.9 Å². The zero-order valence-electron chi connectivity index (χ0n) is 11.3. The number of amides is 1. The van der Waals surface area contributed by atoms with Gasteiger partial charge in [0.25, 0.3) is 0 Å². The number of nitrogens with zero attached hydrogens (tertiary/aromatic N) is 1. The smallest absolute Gasteiger partial charge is 0.422 e. The summed E-state index contributed by atoms with van der Waals surface area (Å²) < 4.78 is 32.3. The first-order chi connectivity index (χ1) is 8.86. The molecule has 0 saturated carbocycles. The molecule has 0 aromatic rings. The van der Waals surface area contributed by atoms with Crippen molar-refractivity contribution in [3.8, 4) is 0 Å². The molecule has 1 aliphatic heterocycles. The van der Waals surface area contributed by atoms with Gasteiger partial charge >= 0.3 is 16.3 Å². The van der Waals surface area contributed by atoms with E-state index in [0.717, 1.165) is 19.3 Å². The van der Waals surface area contributed by atoms with Gasteiger partial charge in [0.05, 0.1) is 6.10 Å². The van der Waals surface area contributed by atoms with Gasteiger partial charge in [-0.1, -0.05) is 12.8 Å². The zero-order valence-corrected chi connectivity index (χ0v) is 12.8. The fraction of sp³-hybridized carbons (Fsp3) is 0.909. The standard InChI is InChI=1S/C11H21ClN2O4S/c1-9(2)18-11(15)13-19(16,17)14-7-5-3-4-6-10(14)8-12/h9-10H,3-8H2,1-2H3,(H,13,15). The molecular weight excluding hydrogens is 292 g/mol. The van der Waals surface area contributed by atoms with E-state index in [1.165, 1.54) is 4.31 Å². The summed E-state index contributed by atoms with van der Waals surface area (Å²) >= 11 is 5.82. The van der Waals surface area contributed by atoms with Crippen molar-refractivity contribution in [1.29, 1.82) is 0 Å². The molecule has 1 unspecified atom stereocenters. The lowest BCUT2D eigenvalue weighted by Gasteiger charge is -2.27. The van der Waals surface area contributed by atoms with Crippen LogP contribution in [0.15, 0.2) is 0 Å². The number of hydrogen-bond donors (Lipinski definition) is 1. The van der Waals surface area contributed by atoms with Gasteiger partial charge in [0.15, 0.2) is 0 Å². The molecule has 1 aliphatic rings. The Labute approximate surface area is 119 Å². The van der Waals surface area contributed by atoms with Gasteiger partial charge < -0.3 is 4.74 Å². The van der Waals surface area contributed by atoms with Crippen LogP contribution < -0.4 is 4.72 Å². The predicted octanol–water partition coefficient (Wildman–Crippen LogP) is 1.85. The third-order valence-electron chi connectivity index (χ3n) is 2.87. The summed E-state index contributed by atoms with van der Waals surface area (Å²) in [6.07, 6.45) is 2.07. The maximum Gasteiger partial charge on any atom is 0.422 e. The van der Waals surface area contributed by atoms with Crippen LogP contribution in [0.3, 0.4) is 0 Å². The summed E-state index contributed by atoms with van der Waals surface area (Å²) in [6.45, 7) is 3.68. The second-order valence-corrected chi connectivity index (χ2v) is 6.76. The minimum atomic E-state index is -3.89. The highest BCUT2D eigenvalue weighted by Gasteiger charge is 2.32. The van der Waals surface area contributed by atoms with Crippen LogP contribution in [0.2, 0.25) is 0 Å². The molecule has 1 atom stereocenters. The first-order valence-electron chi connectivity index (χ1n) is 6.43. The van der Waals surface area contributed by atoms with Crippen LogP contribution in [-0.4, -0.2) is 43.4 Å². The van der Waals surface area contributed by atoms with Crippen molar-refractivity contribution in [2.75, 3.05) is 12.4 Å². The Kier molecular flexibility index (Phi) is 6.35. The molecule has 0 aromatic heterocycles. The topological polar surface area (TPSA) is 75.7 Å². The quantitative estimate of drug-likeness (QED) is 0.804. The average Bonchev–Trinajstić information content (AvgIpc) is 2.51. The van der Waals surface area contributed by atoms with Gasteiger partial charge in [-0.25, -0.2) is 9.52 Å². The molecule has 0 spiro atoms. The van der Waals surface area contributed by atoms with E-state index >= 15 is 0 Å². The summed E-state index contributed by atoms with van der Waals surface area (Å²) in [5, 5.41) is 0. The summed E-state index contributed by atoms with van der Waals surface area (Å²) in [7, 11) is -3.89. The van der Waals surface area contributed by atoms with Gasteiger partial charge in [0, 0.05) is 18.5 Å². The van der Waals surface area contributed by atoms with Crippen molar-refractivity contribution >= 4 is 27.9 Å². The van der Waals surface area contributed by atoms with Gasteiger partial charge in [0.1, 0.15) is 0 Å². The number of rotatable bonds is 4. The van der Waals surface area contributed by atoms with Crippen LogP contribution in [0.4, 0.5) is 4.79 Å². The van der Waals surface area contributed by atoms with E-state index in [4.69, 9.17) is 16.3 Å². The van der Waals surface area contributed by atoms with Gasteiger partial charge in [0.2, 0.25) is 0 Å². The number of carbonyl (C=O) groups is 1. The molecule has 1 amide bonds. The van der Waals surface area contributed by atoms with E-state index in [2.05, 4.69) is 0 Å². The Balaban J connectivity index is 2.75. The number of nitrogens with one attached hydrogen (secondary N) is 1. The fourth-order valence-electron chi connectivity index (χ4n) is 2.02. The van der Waals surface area contributed by atoms with Crippen LogP contribution in [0.1, 0.15) is 39.5 Å². The minimum absolute atomic E-state index is 0.222. The highest BCUT2D eigenvalue weighted by molar-refractivity contribution is 7.87. The third kappa shape index (κ3) is 5.16. The third-order valence-corrected chi connectivity index (χ3v) is 4.74. The number of alkyl halides is 1. The second kappa shape index (κ2) is 7.31. The monoisotopic (exact) mass is 312 g/mol. The molecule has 0 bridgehead atoms. The number of carbonyl (C=O) groups excluding carboxylic acids is 1. The first kappa shape index (κ1) is 16.5. The molecule has 1 heterocycles. The molecule has 19 heavy (non-hydrogen) atoms. The van der Waals surface area contributed by atoms with Crippen LogP contribution >= 0.6 is 11.6 Å². The molecule has 1 N–H and O–H groups in total. The second-order valence-electron chi connectivity index (χ2n) is 4.83. The number of hydrogen-bond acceptors (Lipinski definition) is 4. The molecule has 112 valence electrons. The van der Waals surface area contributed by atoms with Crippen molar-refractivity contribution in [2.24, 2.45) is 0 Å². The van der Waals surface area contributed by atoms with Gasteiger partial charge in [-0.3, -0.25) is 0 Å². The van der Waals surface area contributed by atoms with Gasteiger partial charge in [-0.2, -0.15) is 12.7 Å². The fourth-order valence-corrected chi connectivity index (χ4v) is 3.74. The zero-order chi connectivity index (χ0) is 14.5. The maximum absolute atomic E-state index is 12.2. The number of ether oxygens (including phenoxy) is 1. The van der Waals surface area contributed by atoms with Crippen molar-refractivity contribution in [2.45, 2.75) is 51.7 Å². The Morgan fingerprint density at radius 2 is 2.11 bits per heavy atom. The lowest BCUT2D eigenvalue weighted by atomic mass is 10.1. The number of halogens is 1. The summed E-state index contributed by atoms with van der Waals surface area (Å²) in [4.78, 5) is 11.4.